The molecule has 5 nitrogen and oxygen atoms in total. The predicted octanol–water partition coefficient (Wildman–Crippen LogP) is 5.61. The van der Waals surface area contributed by atoms with Crippen molar-refractivity contribution in [3.05, 3.63) is 62.7 Å². The van der Waals surface area contributed by atoms with Crippen LogP contribution in [-0.2, 0) is 23.1 Å². The minimum absolute atomic E-state index is 0.416. The van der Waals surface area contributed by atoms with Crippen molar-refractivity contribution in [2.45, 2.75) is 36.5 Å². The van der Waals surface area contributed by atoms with Crippen molar-refractivity contribution in [1.29, 1.82) is 0 Å². The molecule has 0 bridgehead atoms. The van der Waals surface area contributed by atoms with Crippen molar-refractivity contribution in [1.82, 2.24) is 20.2 Å². The Morgan fingerprint density at radius 2 is 1.74 bits per heavy atom. The molecule has 0 saturated carbocycles. The van der Waals surface area contributed by atoms with E-state index in [4.69, 9.17) is 39.9 Å². The molecule has 9 heteroatoms. The molecule has 5 rings (SSSR count). The van der Waals surface area contributed by atoms with Crippen LogP contribution in [0.2, 0.25) is 15.1 Å². The van der Waals surface area contributed by atoms with Gasteiger partial charge >= 0.3 is 0 Å². The van der Waals surface area contributed by atoms with Crippen LogP contribution in [0.15, 0.2) is 41.3 Å². The van der Waals surface area contributed by atoms with Crippen molar-refractivity contribution >= 4 is 45.6 Å². The summed E-state index contributed by atoms with van der Waals surface area (Å²) in [7, 11) is -1.24. The van der Waals surface area contributed by atoms with Crippen LogP contribution >= 0.6 is 34.8 Å². The maximum absolute atomic E-state index is 13.3. The first-order valence-electron chi connectivity index (χ1n) is 10.2. The van der Waals surface area contributed by atoms with Gasteiger partial charge in [-0.2, -0.15) is 5.10 Å². The number of piperidine rings is 1. The highest BCUT2D eigenvalue weighted by molar-refractivity contribution is 7.84. The van der Waals surface area contributed by atoms with Crippen molar-refractivity contribution in [3.8, 4) is 16.9 Å². The molecule has 2 aliphatic heterocycles. The number of halogens is 3. The standard InChI is InChI=1S/C22H21Cl3N4OS/c23-15-4-6-17-14(10-15)13-31(30)22-19(12-26-28-8-2-1-3-9-28)27-29(21(17)22)20-7-5-16(24)11-18(20)25/h4-7,10-11,26H,1-3,8-9,12-13H2. The summed E-state index contributed by atoms with van der Waals surface area (Å²) in [4.78, 5) is 0.755. The fourth-order valence-corrected chi connectivity index (χ4v) is 6.37. The Morgan fingerprint density at radius 3 is 2.52 bits per heavy atom. The number of nitrogens with one attached hydrogen (secondary N) is 1. The first-order chi connectivity index (χ1) is 15.0. The van der Waals surface area contributed by atoms with E-state index >= 15 is 0 Å². The van der Waals surface area contributed by atoms with Crippen LogP contribution in [0.25, 0.3) is 16.9 Å². The Morgan fingerprint density at radius 1 is 1.00 bits per heavy atom. The number of rotatable bonds is 4. The summed E-state index contributed by atoms with van der Waals surface area (Å²) < 4.78 is 15.1. The van der Waals surface area contributed by atoms with Gasteiger partial charge in [0.05, 0.1) is 50.1 Å². The van der Waals surface area contributed by atoms with Gasteiger partial charge in [0.1, 0.15) is 0 Å². The third kappa shape index (κ3) is 4.17. The van der Waals surface area contributed by atoms with Crippen LogP contribution in [0.3, 0.4) is 0 Å². The molecule has 0 aliphatic carbocycles. The highest BCUT2D eigenvalue weighted by Gasteiger charge is 2.31. The fraction of sp³-hybridized carbons (Fsp3) is 0.318. The lowest BCUT2D eigenvalue weighted by Gasteiger charge is -2.27. The monoisotopic (exact) mass is 494 g/mol. The van der Waals surface area contributed by atoms with Gasteiger partial charge in [-0.25, -0.2) is 15.1 Å². The van der Waals surface area contributed by atoms with Crippen molar-refractivity contribution in [2.24, 2.45) is 0 Å². The molecule has 0 radical (unpaired) electrons. The number of benzene rings is 2. The summed E-state index contributed by atoms with van der Waals surface area (Å²) in [5.74, 6) is 0.416. The van der Waals surface area contributed by atoms with Crippen LogP contribution in [0.4, 0.5) is 0 Å². The highest BCUT2D eigenvalue weighted by atomic mass is 35.5. The topological polar surface area (TPSA) is 50.2 Å². The highest BCUT2D eigenvalue weighted by Crippen LogP contribution is 2.41. The number of nitrogens with zero attached hydrogens (tertiary/aromatic N) is 3. The van der Waals surface area contributed by atoms with E-state index < -0.39 is 10.8 Å². The third-order valence-electron chi connectivity index (χ3n) is 5.71. The molecule has 0 amide bonds. The van der Waals surface area contributed by atoms with E-state index in [1.807, 2.05) is 24.3 Å². The number of hydrogen-bond donors (Lipinski definition) is 1. The second kappa shape index (κ2) is 8.85. The normalized spacial score (nSPS) is 18.6. The Balaban J connectivity index is 1.64. The molecular weight excluding hydrogens is 475 g/mol. The lowest BCUT2D eigenvalue weighted by molar-refractivity contribution is 0.150. The van der Waals surface area contributed by atoms with Gasteiger partial charge in [0.25, 0.3) is 0 Å². The van der Waals surface area contributed by atoms with E-state index in [1.165, 1.54) is 19.3 Å². The molecule has 1 fully saturated rings. The molecule has 1 atom stereocenters. The fourth-order valence-electron chi connectivity index (χ4n) is 4.23. The Hall–Kier alpha value is -1.41. The largest absolute Gasteiger partial charge is 0.254 e. The first kappa shape index (κ1) is 21.4. The van der Waals surface area contributed by atoms with E-state index in [1.54, 1.807) is 16.8 Å². The molecule has 3 heterocycles. The lowest BCUT2D eigenvalue weighted by atomic mass is 10.0. The van der Waals surface area contributed by atoms with Gasteiger partial charge in [0.15, 0.2) is 0 Å². The van der Waals surface area contributed by atoms with E-state index in [-0.39, 0.29) is 0 Å². The van der Waals surface area contributed by atoms with E-state index in [0.717, 1.165) is 40.5 Å². The van der Waals surface area contributed by atoms with E-state index in [0.29, 0.717) is 33.1 Å². The summed E-state index contributed by atoms with van der Waals surface area (Å²) in [6.45, 7) is 2.53. The van der Waals surface area contributed by atoms with Crippen molar-refractivity contribution < 1.29 is 4.21 Å². The van der Waals surface area contributed by atoms with Gasteiger partial charge in [-0.1, -0.05) is 47.3 Å². The molecule has 3 aromatic rings. The number of hydrogen-bond acceptors (Lipinski definition) is 4. The lowest BCUT2D eigenvalue weighted by Crippen LogP contribution is -2.41. The molecule has 1 unspecified atom stereocenters. The smallest absolute Gasteiger partial charge is 0.0949 e. The summed E-state index contributed by atoms with van der Waals surface area (Å²) >= 11 is 18.9. The molecule has 162 valence electrons. The van der Waals surface area contributed by atoms with Crippen molar-refractivity contribution in [3.63, 3.8) is 0 Å². The van der Waals surface area contributed by atoms with Crippen LogP contribution < -0.4 is 5.43 Å². The first-order valence-corrected chi connectivity index (χ1v) is 12.7. The maximum Gasteiger partial charge on any atom is 0.0949 e. The average molecular weight is 496 g/mol. The summed E-state index contributed by atoms with van der Waals surface area (Å²) in [5.41, 5.74) is 7.67. The molecule has 1 saturated heterocycles. The minimum atomic E-state index is -1.24. The number of fused-ring (bicyclic) bond motifs is 3. The Bertz CT molecular complexity index is 1170. The van der Waals surface area contributed by atoms with Gasteiger partial charge < -0.3 is 0 Å². The zero-order valence-corrected chi connectivity index (χ0v) is 19.8. The Labute approximate surface area is 198 Å². The third-order valence-corrected chi connectivity index (χ3v) is 7.94. The van der Waals surface area contributed by atoms with Gasteiger partial charge in [0, 0.05) is 28.7 Å². The zero-order valence-electron chi connectivity index (χ0n) is 16.7. The second-order valence-electron chi connectivity index (χ2n) is 7.81. The van der Waals surface area contributed by atoms with Crippen LogP contribution in [0, 0.1) is 0 Å². The molecule has 2 aromatic carbocycles. The molecule has 1 aromatic heterocycles. The predicted molar refractivity (Wildman–Crippen MR) is 126 cm³/mol. The quantitative estimate of drug-likeness (QED) is 0.511. The summed E-state index contributed by atoms with van der Waals surface area (Å²) in [6.07, 6.45) is 3.63. The van der Waals surface area contributed by atoms with Crippen LogP contribution in [0.1, 0.15) is 30.5 Å². The molecule has 0 spiro atoms. The van der Waals surface area contributed by atoms with E-state index in [2.05, 4.69) is 10.4 Å². The number of aromatic nitrogens is 2. The summed E-state index contributed by atoms with van der Waals surface area (Å²) in [5, 5.41) is 8.77. The van der Waals surface area contributed by atoms with Gasteiger partial charge in [-0.15, -0.1) is 0 Å². The molecular formula is C22H21Cl3N4OS. The van der Waals surface area contributed by atoms with Crippen molar-refractivity contribution in [2.75, 3.05) is 13.1 Å². The summed E-state index contributed by atoms with van der Waals surface area (Å²) in [6, 6.07) is 11.0. The number of hydrazine groups is 1. The van der Waals surface area contributed by atoms with E-state index in [9.17, 15) is 4.21 Å². The van der Waals surface area contributed by atoms with Gasteiger partial charge in [0.2, 0.25) is 0 Å². The molecule has 1 N–H and O–H groups in total. The zero-order chi connectivity index (χ0) is 21.5. The second-order valence-corrected chi connectivity index (χ2v) is 10.5. The van der Waals surface area contributed by atoms with Gasteiger partial charge in [-0.05, 0) is 48.7 Å². The SMILES string of the molecule is O=S1Cc2cc(Cl)ccc2-c2c1c(CNN1CCCCC1)nn2-c1ccc(Cl)cc1Cl. The minimum Gasteiger partial charge on any atom is -0.254 e. The average Bonchev–Trinajstić information content (AvgIpc) is 3.13. The Kier molecular flexibility index (Phi) is 6.12. The maximum atomic E-state index is 13.3. The molecule has 31 heavy (non-hydrogen) atoms. The van der Waals surface area contributed by atoms with Crippen LogP contribution in [0.5, 0.6) is 0 Å². The molecule has 2 aliphatic rings. The van der Waals surface area contributed by atoms with Crippen LogP contribution in [-0.4, -0.2) is 32.1 Å². The van der Waals surface area contributed by atoms with Gasteiger partial charge in [-0.3, -0.25) is 4.21 Å².